The molecule has 0 saturated heterocycles. The van der Waals surface area contributed by atoms with Crippen LogP contribution < -0.4 is 0 Å². The Balaban J connectivity index is 2.50. The van der Waals surface area contributed by atoms with Gasteiger partial charge in [0.1, 0.15) is 11.6 Å². The normalized spacial score (nSPS) is 10.6. The zero-order valence-electron chi connectivity index (χ0n) is 9.50. The molecule has 4 nitrogen and oxygen atoms in total. The Morgan fingerprint density at radius 3 is 2.78 bits per heavy atom. The standard InChI is InChI=1S/C12H10ClFN2O2/c1-2-9-10(12(17)18)16-11(15-9)6-3-4-8(14)7(13)5-6/h3-5H,2H2,1H3,(H,15,16)(H,17,18). The summed E-state index contributed by atoms with van der Waals surface area (Å²) < 4.78 is 13.0. The van der Waals surface area contributed by atoms with Gasteiger partial charge in [-0.05, 0) is 24.6 Å². The van der Waals surface area contributed by atoms with Crippen LogP contribution in [0.5, 0.6) is 0 Å². The molecule has 2 N–H and O–H groups in total. The Hall–Kier alpha value is -1.88. The van der Waals surface area contributed by atoms with E-state index in [1.807, 2.05) is 6.92 Å². The second-order valence-electron chi connectivity index (χ2n) is 3.70. The minimum atomic E-state index is -1.09. The van der Waals surface area contributed by atoms with Crippen LogP contribution in [-0.4, -0.2) is 21.0 Å². The molecular formula is C12H10ClFN2O2. The number of halogens is 2. The highest BCUT2D eigenvalue weighted by Gasteiger charge is 2.16. The number of aromatic nitrogens is 2. The second kappa shape index (κ2) is 4.78. The molecule has 0 aliphatic rings. The van der Waals surface area contributed by atoms with Crippen LogP contribution in [0.15, 0.2) is 18.2 Å². The van der Waals surface area contributed by atoms with Gasteiger partial charge in [-0.2, -0.15) is 0 Å². The molecule has 1 aromatic carbocycles. The summed E-state index contributed by atoms with van der Waals surface area (Å²) in [6.45, 7) is 1.82. The number of nitrogens with zero attached hydrogens (tertiary/aromatic N) is 1. The Morgan fingerprint density at radius 1 is 1.56 bits per heavy atom. The highest BCUT2D eigenvalue weighted by atomic mass is 35.5. The molecule has 18 heavy (non-hydrogen) atoms. The number of carboxylic acids is 1. The molecule has 6 heteroatoms. The van der Waals surface area contributed by atoms with Crippen LogP contribution in [-0.2, 0) is 6.42 Å². The van der Waals surface area contributed by atoms with E-state index in [9.17, 15) is 9.18 Å². The molecule has 0 aliphatic heterocycles. The topological polar surface area (TPSA) is 66.0 Å². The average molecular weight is 269 g/mol. The van der Waals surface area contributed by atoms with Gasteiger partial charge in [0, 0.05) is 11.3 Å². The fraction of sp³-hybridized carbons (Fsp3) is 0.167. The van der Waals surface area contributed by atoms with Crippen molar-refractivity contribution in [2.75, 3.05) is 0 Å². The van der Waals surface area contributed by atoms with Crippen LogP contribution in [0.25, 0.3) is 11.4 Å². The number of H-pyrrole nitrogens is 1. The van der Waals surface area contributed by atoms with Crippen LogP contribution in [0.1, 0.15) is 23.1 Å². The van der Waals surface area contributed by atoms with E-state index < -0.39 is 11.8 Å². The molecule has 1 aromatic heterocycles. The van der Waals surface area contributed by atoms with Crippen molar-refractivity contribution in [3.05, 3.63) is 40.4 Å². The minimum absolute atomic E-state index is 0.0204. The van der Waals surface area contributed by atoms with Crippen LogP contribution in [0.4, 0.5) is 4.39 Å². The van der Waals surface area contributed by atoms with E-state index in [4.69, 9.17) is 16.7 Å². The quantitative estimate of drug-likeness (QED) is 0.899. The zero-order valence-corrected chi connectivity index (χ0v) is 10.3. The third kappa shape index (κ3) is 2.22. The van der Waals surface area contributed by atoms with Crippen molar-refractivity contribution < 1.29 is 14.3 Å². The molecule has 0 unspecified atom stereocenters. The summed E-state index contributed by atoms with van der Waals surface area (Å²) in [6, 6.07) is 4.11. The van der Waals surface area contributed by atoms with Crippen molar-refractivity contribution in [2.24, 2.45) is 0 Å². The van der Waals surface area contributed by atoms with Gasteiger partial charge in [0.05, 0.1) is 5.02 Å². The Labute approximate surface area is 107 Å². The van der Waals surface area contributed by atoms with E-state index in [0.29, 0.717) is 23.5 Å². The van der Waals surface area contributed by atoms with Gasteiger partial charge in [0.15, 0.2) is 5.69 Å². The van der Waals surface area contributed by atoms with E-state index in [2.05, 4.69) is 9.97 Å². The van der Waals surface area contributed by atoms with E-state index in [0.717, 1.165) is 0 Å². The summed E-state index contributed by atoms with van der Waals surface area (Å²) in [6.07, 6.45) is 0.517. The number of carboxylic acid groups (broad SMARTS) is 1. The van der Waals surface area contributed by atoms with E-state index in [-0.39, 0.29) is 10.7 Å². The summed E-state index contributed by atoms with van der Waals surface area (Å²) in [7, 11) is 0. The Bertz CT molecular complexity index is 610. The van der Waals surface area contributed by atoms with Crippen molar-refractivity contribution in [1.82, 2.24) is 9.97 Å². The predicted molar refractivity (Wildman–Crippen MR) is 65.3 cm³/mol. The molecule has 1 heterocycles. The molecule has 2 aromatic rings. The number of carbonyl (C=O) groups is 1. The highest BCUT2D eigenvalue weighted by Crippen LogP contribution is 2.24. The first-order valence-electron chi connectivity index (χ1n) is 5.30. The molecule has 94 valence electrons. The maximum atomic E-state index is 13.0. The second-order valence-corrected chi connectivity index (χ2v) is 4.11. The SMILES string of the molecule is CCc1[nH]c(-c2ccc(F)c(Cl)c2)nc1C(=O)O. The number of hydrogen-bond acceptors (Lipinski definition) is 2. The number of imidazole rings is 1. The molecule has 0 amide bonds. The minimum Gasteiger partial charge on any atom is -0.476 e. The first-order chi connectivity index (χ1) is 8.52. The molecule has 0 aliphatic carbocycles. The van der Waals surface area contributed by atoms with Crippen molar-refractivity contribution in [1.29, 1.82) is 0 Å². The van der Waals surface area contributed by atoms with Crippen molar-refractivity contribution in [3.8, 4) is 11.4 Å². The number of rotatable bonds is 3. The van der Waals surface area contributed by atoms with Gasteiger partial charge in [-0.15, -0.1) is 0 Å². The molecule has 0 fully saturated rings. The molecule has 0 spiro atoms. The van der Waals surface area contributed by atoms with Gasteiger partial charge in [-0.3, -0.25) is 0 Å². The Morgan fingerprint density at radius 2 is 2.28 bits per heavy atom. The number of benzene rings is 1. The fourth-order valence-corrected chi connectivity index (χ4v) is 1.80. The smallest absolute Gasteiger partial charge is 0.356 e. The first-order valence-corrected chi connectivity index (χ1v) is 5.68. The van der Waals surface area contributed by atoms with Crippen LogP contribution in [0.2, 0.25) is 5.02 Å². The lowest BCUT2D eigenvalue weighted by atomic mass is 10.2. The highest BCUT2D eigenvalue weighted by molar-refractivity contribution is 6.31. The summed E-state index contributed by atoms with van der Waals surface area (Å²) in [5, 5.41) is 8.96. The molecule has 0 radical (unpaired) electrons. The maximum absolute atomic E-state index is 13.0. The molecule has 0 atom stereocenters. The molecule has 0 saturated carbocycles. The van der Waals surface area contributed by atoms with Crippen LogP contribution in [0.3, 0.4) is 0 Å². The van der Waals surface area contributed by atoms with Crippen molar-refractivity contribution in [2.45, 2.75) is 13.3 Å². The maximum Gasteiger partial charge on any atom is 0.356 e. The lowest BCUT2D eigenvalue weighted by Gasteiger charge is -1.98. The van der Waals surface area contributed by atoms with Gasteiger partial charge >= 0.3 is 5.97 Å². The van der Waals surface area contributed by atoms with Crippen LogP contribution >= 0.6 is 11.6 Å². The summed E-state index contributed by atoms with van der Waals surface area (Å²) in [4.78, 5) is 17.9. The van der Waals surface area contributed by atoms with Gasteiger partial charge in [0.25, 0.3) is 0 Å². The third-order valence-electron chi connectivity index (χ3n) is 2.53. The monoisotopic (exact) mass is 268 g/mol. The molecule has 0 bridgehead atoms. The number of hydrogen-bond donors (Lipinski definition) is 2. The van der Waals surface area contributed by atoms with Crippen molar-refractivity contribution >= 4 is 17.6 Å². The zero-order chi connectivity index (χ0) is 13.3. The van der Waals surface area contributed by atoms with Gasteiger partial charge < -0.3 is 10.1 Å². The van der Waals surface area contributed by atoms with Gasteiger partial charge in [0.2, 0.25) is 0 Å². The number of nitrogens with one attached hydrogen (secondary N) is 1. The number of aryl methyl sites for hydroxylation is 1. The van der Waals surface area contributed by atoms with Gasteiger partial charge in [-0.1, -0.05) is 18.5 Å². The fourth-order valence-electron chi connectivity index (χ4n) is 1.62. The molecular weight excluding hydrogens is 259 g/mol. The largest absolute Gasteiger partial charge is 0.476 e. The lowest BCUT2D eigenvalue weighted by molar-refractivity contribution is 0.0690. The lowest BCUT2D eigenvalue weighted by Crippen LogP contribution is -2.00. The van der Waals surface area contributed by atoms with Crippen LogP contribution in [0, 0.1) is 5.82 Å². The predicted octanol–water partition coefficient (Wildman–Crippen LogP) is 3.13. The Kier molecular flexibility index (Phi) is 3.34. The number of aromatic amines is 1. The summed E-state index contributed by atoms with van der Waals surface area (Å²) >= 11 is 5.67. The van der Waals surface area contributed by atoms with E-state index >= 15 is 0 Å². The number of aromatic carboxylic acids is 1. The summed E-state index contributed by atoms with van der Waals surface area (Å²) in [5.41, 5.74) is 1.05. The summed E-state index contributed by atoms with van der Waals surface area (Å²) in [5.74, 6) is -1.25. The first kappa shape index (κ1) is 12.6. The van der Waals surface area contributed by atoms with Gasteiger partial charge in [-0.25, -0.2) is 14.2 Å². The van der Waals surface area contributed by atoms with E-state index in [1.165, 1.54) is 18.2 Å². The third-order valence-corrected chi connectivity index (χ3v) is 2.82. The molecule has 2 rings (SSSR count). The van der Waals surface area contributed by atoms with E-state index in [1.54, 1.807) is 0 Å². The average Bonchev–Trinajstić information content (AvgIpc) is 2.77. The van der Waals surface area contributed by atoms with Crippen molar-refractivity contribution in [3.63, 3.8) is 0 Å².